The maximum absolute atomic E-state index is 12.7. The topological polar surface area (TPSA) is 38.3 Å². The number of ether oxygens (including phenoxy) is 1. The number of carbonyl (C=O) groups is 1. The lowest BCUT2D eigenvalue weighted by Crippen LogP contribution is -2.41. The molecule has 0 aromatic heterocycles. The lowest BCUT2D eigenvalue weighted by atomic mass is 9.89. The van der Waals surface area contributed by atoms with Crippen molar-refractivity contribution in [1.82, 2.24) is 5.32 Å². The van der Waals surface area contributed by atoms with E-state index < -0.39 is 0 Å². The molecule has 27 heavy (non-hydrogen) atoms. The zero-order valence-corrected chi connectivity index (χ0v) is 15.9. The number of hydrogen-bond donors (Lipinski definition) is 1. The second kappa shape index (κ2) is 7.07. The number of fused-ring (bicyclic) bond motifs is 2. The van der Waals surface area contributed by atoms with Crippen molar-refractivity contribution >= 4 is 16.7 Å². The van der Waals surface area contributed by atoms with Crippen LogP contribution in [0.3, 0.4) is 0 Å². The van der Waals surface area contributed by atoms with Crippen LogP contribution in [0, 0.1) is 0 Å². The molecule has 0 saturated carbocycles. The lowest BCUT2D eigenvalue weighted by Gasteiger charge is -2.37. The van der Waals surface area contributed by atoms with Gasteiger partial charge in [0.1, 0.15) is 11.4 Å². The number of amides is 1. The van der Waals surface area contributed by atoms with Crippen molar-refractivity contribution in [2.45, 2.75) is 44.8 Å². The van der Waals surface area contributed by atoms with E-state index in [1.165, 1.54) is 16.3 Å². The normalized spacial score (nSPS) is 17.8. The summed E-state index contributed by atoms with van der Waals surface area (Å²) >= 11 is 0. The molecule has 1 aliphatic heterocycles. The molecule has 0 spiro atoms. The molecule has 3 aromatic carbocycles. The predicted molar refractivity (Wildman–Crippen MR) is 109 cm³/mol. The Kier molecular flexibility index (Phi) is 4.61. The molecule has 0 saturated heterocycles. The lowest BCUT2D eigenvalue weighted by molar-refractivity contribution is -0.122. The van der Waals surface area contributed by atoms with Crippen LogP contribution in [0.25, 0.3) is 10.8 Å². The Morgan fingerprint density at radius 2 is 1.78 bits per heavy atom. The van der Waals surface area contributed by atoms with Gasteiger partial charge in [-0.3, -0.25) is 4.79 Å². The smallest absolute Gasteiger partial charge is 0.220 e. The molecule has 1 heterocycles. The summed E-state index contributed by atoms with van der Waals surface area (Å²) in [5.41, 5.74) is 1.99. The molecule has 0 aliphatic carbocycles. The van der Waals surface area contributed by atoms with E-state index in [4.69, 9.17) is 4.74 Å². The number of aryl methyl sites for hydroxylation is 1. The number of carbonyl (C=O) groups excluding carboxylic acids is 1. The van der Waals surface area contributed by atoms with Gasteiger partial charge in [0.25, 0.3) is 0 Å². The summed E-state index contributed by atoms with van der Waals surface area (Å²) in [4.78, 5) is 12.7. The maximum atomic E-state index is 12.7. The van der Waals surface area contributed by atoms with Crippen molar-refractivity contribution in [3.63, 3.8) is 0 Å². The van der Waals surface area contributed by atoms with Crippen molar-refractivity contribution in [1.29, 1.82) is 0 Å². The summed E-state index contributed by atoms with van der Waals surface area (Å²) in [7, 11) is 0. The zero-order chi connectivity index (χ0) is 18.9. The van der Waals surface area contributed by atoms with Crippen molar-refractivity contribution < 1.29 is 9.53 Å². The highest BCUT2D eigenvalue weighted by Crippen LogP contribution is 2.39. The molecule has 3 heteroatoms. The van der Waals surface area contributed by atoms with E-state index in [1.54, 1.807) is 0 Å². The fourth-order valence-electron chi connectivity index (χ4n) is 3.96. The molecule has 1 atom stereocenters. The van der Waals surface area contributed by atoms with E-state index >= 15 is 0 Å². The fraction of sp³-hybridized carbons (Fsp3) is 0.292. The van der Waals surface area contributed by atoms with Gasteiger partial charge in [-0.05, 0) is 42.7 Å². The Bertz CT molecular complexity index is 972. The van der Waals surface area contributed by atoms with Gasteiger partial charge < -0.3 is 10.1 Å². The van der Waals surface area contributed by atoms with Gasteiger partial charge in [-0.25, -0.2) is 0 Å². The zero-order valence-electron chi connectivity index (χ0n) is 15.9. The highest BCUT2D eigenvalue weighted by atomic mass is 16.5. The minimum absolute atomic E-state index is 0.00929. The first kappa shape index (κ1) is 17.6. The van der Waals surface area contributed by atoms with E-state index in [-0.39, 0.29) is 17.6 Å². The Labute approximate surface area is 160 Å². The van der Waals surface area contributed by atoms with Gasteiger partial charge in [-0.1, -0.05) is 60.7 Å². The molecular formula is C24H25NO2. The number of benzene rings is 3. The summed E-state index contributed by atoms with van der Waals surface area (Å²) in [6.45, 7) is 4.14. The first-order valence-corrected chi connectivity index (χ1v) is 9.56. The average Bonchev–Trinajstić information content (AvgIpc) is 2.65. The van der Waals surface area contributed by atoms with Gasteiger partial charge in [0.2, 0.25) is 5.91 Å². The number of nitrogens with one attached hydrogen (secondary N) is 1. The second-order valence-corrected chi connectivity index (χ2v) is 7.86. The average molecular weight is 359 g/mol. The molecule has 0 fully saturated rings. The Morgan fingerprint density at radius 3 is 2.67 bits per heavy atom. The third-order valence-corrected chi connectivity index (χ3v) is 5.21. The minimum atomic E-state index is -0.290. The van der Waals surface area contributed by atoms with E-state index in [1.807, 2.05) is 36.4 Å². The third kappa shape index (κ3) is 3.82. The summed E-state index contributed by atoms with van der Waals surface area (Å²) in [6.07, 6.45) is 1.99. The Balaban J connectivity index is 1.47. The Morgan fingerprint density at radius 1 is 1.04 bits per heavy atom. The fourth-order valence-corrected chi connectivity index (χ4v) is 3.96. The van der Waals surface area contributed by atoms with Crippen LogP contribution in [0.5, 0.6) is 5.75 Å². The first-order valence-electron chi connectivity index (χ1n) is 9.56. The van der Waals surface area contributed by atoms with Crippen LogP contribution in [0.1, 0.15) is 43.9 Å². The van der Waals surface area contributed by atoms with E-state index in [0.717, 1.165) is 24.2 Å². The van der Waals surface area contributed by atoms with E-state index in [2.05, 4.69) is 49.5 Å². The van der Waals surface area contributed by atoms with Gasteiger partial charge in [0.05, 0.1) is 6.04 Å². The van der Waals surface area contributed by atoms with Gasteiger partial charge in [0.15, 0.2) is 0 Å². The van der Waals surface area contributed by atoms with Crippen molar-refractivity contribution in [2.24, 2.45) is 0 Å². The van der Waals surface area contributed by atoms with Crippen LogP contribution in [0.4, 0.5) is 0 Å². The molecule has 3 aromatic rings. The van der Waals surface area contributed by atoms with E-state index in [0.29, 0.717) is 6.42 Å². The van der Waals surface area contributed by atoms with Crippen molar-refractivity contribution in [2.75, 3.05) is 0 Å². The number of hydrogen-bond acceptors (Lipinski definition) is 2. The van der Waals surface area contributed by atoms with E-state index in [9.17, 15) is 4.79 Å². The van der Waals surface area contributed by atoms with Crippen LogP contribution in [-0.2, 0) is 11.2 Å². The van der Waals surface area contributed by atoms with Crippen LogP contribution in [0.15, 0.2) is 66.7 Å². The van der Waals surface area contributed by atoms with Gasteiger partial charge >= 0.3 is 0 Å². The van der Waals surface area contributed by atoms with Crippen molar-refractivity contribution in [3.8, 4) is 5.75 Å². The van der Waals surface area contributed by atoms with Crippen LogP contribution < -0.4 is 10.1 Å². The predicted octanol–water partition coefficient (Wildman–Crippen LogP) is 5.19. The second-order valence-electron chi connectivity index (χ2n) is 7.86. The largest absolute Gasteiger partial charge is 0.487 e. The standard InChI is InChI=1S/C24H25NO2/c1-24(2)16-21(20-12-5-6-13-22(20)27-24)25-23(26)15-14-18-10-7-9-17-8-3-4-11-19(17)18/h3-13,21H,14-16H2,1-2H3,(H,25,26)/t21-/m0/s1. The SMILES string of the molecule is CC1(C)C[C@H](NC(=O)CCc2cccc3ccccc23)c2ccccc2O1. The third-order valence-electron chi connectivity index (χ3n) is 5.21. The van der Waals surface area contributed by atoms with Gasteiger partial charge in [0, 0.05) is 18.4 Å². The van der Waals surface area contributed by atoms with Gasteiger partial charge in [-0.15, -0.1) is 0 Å². The molecule has 3 nitrogen and oxygen atoms in total. The number of para-hydroxylation sites is 1. The molecular weight excluding hydrogens is 334 g/mol. The van der Waals surface area contributed by atoms with Gasteiger partial charge in [-0.2, -0.15) is 0 Å². The monoisotopic (exact) mass is 359 g/mol. The number of rotatable bonds is 4. The molecule has 4 rings (SSSR count). The minimum Gasteiger partial charge on any atom is -0.487 e. The highest BCUT2D eigenvalue weighted by Gasteiger charge is 2.34. The molecule has 0 bridgehead atoms. The van der Waals surface area contributed by atoms with Crippen molar-refractivity contribution in [3.05, 3.63) is 77.9 Å². The maximum Gasteiger partial charge on any atom is 0.220 e. The summed E-state index contributed by atoms with van der Waals surface area (Å²) in [6, 6.07) is 22.6. The Hall–Kier alpha value is -2.81. The molecule has 0 unspecified atom stereocenters. The van der Waals surface area contributed by atoms with Crippen LogP contribution in [-0.4, -0.2) is 11.5 Å². The quantitative estimate of drug-likeness (QED) is 0.696. The molecule has 1 amide bonds. The first-order chi connectivity index (χ1) is 13.0. The van der Waals surface area contributed by atoms with Crippen LogP contribution in [0.2, 0.25) is 0 Å². The molecule has 0 radical (unpaired) electrons. The molecule has 138 valence electrons. The summed E-state index contributed by atoms with van der Waals surface area (Å²) < 4.78 is 6.06. The summed E-state index contributed by atoms with van der Waals surface area (Å²) in [5.74, 6) is 0.952. The highest BCUT2D eigenvalue weighted by molar-refractivity contribution is 5.86. The molecule has 1 N–H and O–H groups in total. The van der Waals surface area contributed by atoms with Crippen LogP contribution >= 0.6 is 0 Å². The molecule has 1 aliphatic rings. The summed E-state index contributed by atoms with van der Waals surface area (Å²) in [5, 5.41) is 5.68.